The van der Waals surface area contributed by atoms with Gasteiger partial charge in [-0.05, 0) is 68.1 Å². The second kappa shape index (κ2) is 14.3. The Bertz CT molecular complexity index is 1640. The Morgan fingerprint density at radius 1 is 1.05 bits per heavy atom. The third-order valence-corrected chi connectivity index (χ3v) is 7.77. The number of aryl methyl sites for hydroxylation is 1. The van der Waals surface area contributed by atoms with E-state index in [0.29, 0.717) is 24.0 Å². The number of methoxy groups -OCH3 is 1. The minimum atomic E-state index is -0.533. The van der Waals surface area contributed by atoms with E-state index in [0.717, 1.165) is 70.7 Å². The quantitative estimate of drug-likeness (QED) is 0.0641. The summed E-state index contributed by atoms with van der Waals surface area (Å²) < 4.78 is 13.4. The van der Waals surface area contributed by atoms with Gasteiger partial charge in [0.15, 0.2) is 0 Å². The fourth-order valence-electron chi connectivity index (χ4n) is 5.57. The van der Waals surface area contributed by atoms with E-state index in [4.69, 9.17) is 14.3 Å². The number of aromatic nitrogens is 1. The average Bonchev–Trinajstić information content (AvgIpc) is 3.28. The zero-order chi connectivity index (χ0) is 31.1. The Morgan fingerprint density at radius 3 is 2.40 bits per heavy atom. The standard InChI is InChI=1S/C34H41N3O6/c1-7-9-10-25(8-2)20-36-32-15-11-26(18-30(32)31-19-27(37(39)40)12-16-33(31)36)34(35-43-24(5)38)29-14-13-28(17-22(29)3)42-23(4)21-41-6/h11-19,23,25H,7-10,20-21H2,1-6H3/b35-34-. The van der Waals surface area contributed by atoms with Crippen LogP contribution in [-0.4, -0.2) is 41.0 Å². The van der Waals surface area contributed by atoms with Crippen LogP contribution in [0.25, 0.3) is 21.8 Å². The van der Waals surface area contributed by atoms with Crippen molar-refractivity contribution in [3.8, 4) is 5.75 Å². The first kappa shape index (κ1) is 31.7. The summed E-state index contributed by atoms with van der Waals surface area (Å²) in [4.78, 5) is 28.3. The number of oxime groups is 1. The number of non-ortho nitro benzene ring substituents is 1. The first-order valence-electron chi connectivity index (χ1n) is 14.9. The fraction of sp³-hybridized carbons (Fsp3) is 0.412. The molecule has 0 radical (unpaired) electrons. The zero-order valence-corrected chi connectivity index (χ0v) is 25.9. The van der Waals surface area contributed by atoms with Gasteiger partial charge in [-0.25, -0.2) is 4.79 Å². The van der Waals surface area contributed by atoms with Crippen LogP contribution in [0, 0.1) is 23.0 Å². The van der Waals surface area contributed by atoms with E-state index in [9.17, 15) is 14.9 Å². The molecule has 1 aromatic heterocycles. The van der Waals surface area contributed by atoms with Crippen LogP contribution in [0.15, 0.2) is 59.8 Å². The van der Waals surface area contributed by atoms with Crippen LogP contribution >= 0.6 is 0 Å². The molecule has 0 N–H and O–H groups in total. The van der Waals surface area contributed by atoms with Gasteiger partial charge in [-0.15, -0.1) is 0 Å². The number of hydrogen-bond acceptors (Lipinski definition) is 7. The number of nitro groups is 1. The van der Waals surface area contributed by atoms with E-state index in [-0.39, 0.29) is 16.7 Å². The number of unbranched alkanes of at least 4 members (excludes halogenated alkanes) is 1. The number of ether oxygens (including phenoxy) is 2. The summed E-state index contributed by atoms with van der Waals surface area (Å²) in [6.07, 6.45) is 4.36. The molecule has 2 atom stereocenters. The molecule has 2 unspecified atom stereocenters. The molecule has 0 spiro atoms. The minimum absolute atomic E-state index is 0.0397. The van der Waals surface area contributed by atoms with E-state index in [1.54, 1.807) is 19.2 Å². The molecule has 0 aliphatic heterocycles. The van der Waals surface area contributed by atoms with Crippen molar-refractivity contribution >= 4 is 39.2 Å². The molecular weight excluding hydrogens is 546 g/mol. The van der Waals surface area contributed by atoms with Gasteiger partial charge in [0.25, 0.3) is 5.69 Å². The molecule has 0 aliphatic carbocycles. The van der Waals surface area contributed by atoms with Gasteiger partial charge >= 0.3 is 5.97 Å². The first-order valence-corrected chi connectivity index (χ1v) is 14.9. The first-order chi connectivity index (χ1) is 20.7. The van der Waals surface area contributed by atoms with Crippen molar-refractivity contribution in [2.24, 2.45) is 11.1 Å². The smallest absolute Gasteiger partial charge is 0.332 e. The molecule has 4 aromatic rings. The summed E-state index contributed by atoms with van der Waals surface area (Å²) in [5, 5.41) is 17.7. The minimum Gasteiger partial charge on any atom is -0.488 e. The maximum atomic E-state index is 11.8. The molecule has 228 valence electrons. The van der Waals surface area contributed by atoms with Gasteiger partial charge < -0.3 is 18.9 Å². The summed E-state index contributed by atoms with van der Waals surface area (Å²) in [6, 6.07) is 16.7. The Hall–Kier alpha value is -4.24. The Kier molecular flexibility index (Phi) is 10.5. The number of carbonyl (C=O) groups is 1. The lowest BCUT2D eigenvalue weighted by Gasteiger charge is -2.17. The SMILES string of the molecule is CCCCC(CC)Cn1c2ccc(/C(=N/OC(C)=O)c3ccc(OC(C)COC)cc3C)cc2c2cc([N+](=O)[O-])ccc21. The number of nitrogens with zero attached hydrogens (tertiary/aromatic N) is 3. The Morgan fingerprint density at radius 2 is 1.77 bits per heavy atom. The normalized spacial score (nSPS) is 13.3. The Balaban J connectivity index is 1.86. The fourth-order valence-corrected chi connectivity index (χ4v) is 5.57. The molecule has 0 saturated heterocycles. The second-order valence-corrected chi connectivity index (χ2v) is 11.1. The number of carbonyl (C=O) groups excluding carboxylic acids is 1. The number of rotatable bonds is 14. The molecule has 0 aliphatic rings. The van der Waals surface area contributed by atoms with Crippen LogP contribution in [-0.2, 0) is 20.9 Å². The lowest BCUT2D eigenvalue weighted by atomic mass is 9.96. The summed E-state index contributed by atoms with van der Waals surface area (Å²) >= 11 is 0. The summed E-state index contributed by atoms with van der Waals surface area (Å²) in [7, 11) is 1.63. The molecule has 3 aromatic carbocycles. The molecular formula is C34H41N3O6. The lowest BCUT2D eigenvalue weighted by Crippen LogP contribution is -2.18. The molecule has 4 rings (SSSR count). The average molecular weight is 588 g/mol. The number of nitro benzene ring substituents is 1. The van der Waals surface area contributed by atoms with Crippen LogP contribution < -0.4 is 4.74 Å². The third kappa shape index (κ3) is 7.40. The molecule has 0 saturated carbocycles. The molecule has 0 fully saturated rings. The topological polar surface area (TPSA) is 105 Å². The highest BCUT2D eigenvalue weighted by Crippen LogP contribution is 2.35. The largest absolute Gasteiger partial charge is 0.488 e. The molecule has 9 heteroatoms. The number of fused-ring (bicyclic) bond motifs is 3. The van der Waals surface area contributed by atoms with Crippen molar-refractivity contribution in [2.45, 2.75) is 73.0 Å². The van der Waals surface area contributed by atoms with Crippen LogP contribution in [0.2, 0.25) is 0 Å². The van der Waals surface area contributed by atoms with Gasteiger partial charge in [-0.3, -0.25) is 10.1 Å². The predicted molar refractivity (Wildman–Crippen MR) is 170 cm³/mol. The van der Waals surface area contributed by atoms with Gasteiger partial charge in [0.2, 0.25) is 0 Å². The highest BCUT2D eigenvalue weighted by Gasteiger charge is 2.20. The highest BCUT2D eigenvalue weighted by atomic mass is 16.7. The van der Waals surface area contributed by atoms with Gasteiger partial charge in [0.1, 0.15) is 17.6 Å². The highest BCUT2D eigenvalue weighted by molar-refractivity contribution is 6.17. The van der Waals surface area contributed by atoms with Crippen molar-refractivity contribution in [3.05, 3.63) is 81.4 Å². The van der Waals surface area contributed by atoms with Crippen molar-refractivity contribution in [1.29, 1.82) is 0 Å². The molecule has 9 nitrogen and oxygen atoms in total. The van der Waals surface area contributed by atoms with Crippen LogP contribution in [0.5, 0.6) is 5.75 Å². The van der Waals surface area contributed by atoms with Gasteiger partial charge in [-0.1, -0.05) is 44.3 Å². The van der Waals surface area contributed by atoms with Crippen LogP contribution in [0.3, 0.4) is 0 Å². The van der Waals surface area contributed by atoms with E-state index < -0.39 is 5.97 Å². The van der Waals surface area contributed by atoms with Crippen LogP contribution in [0.4, 0.5) is 5.69 Å². The summed E-state index contributed by atoms with van der Waals surface area (Å²) in [5.41, 5.74) is 4.84. The van der Waals surface area contributed by atoms with Gasteiger partial charge in [0, 0.05) is 65.6 Å². The van der Waals surface area contributed by atoms with Crippen LogP contribution in [0.1, 0.15) is 70.1 Å². The predicted octanol–water partition coefficient (Wildman–Crippen LogP) is 7.96. The monoisotopic (exact) mass is 587 g/mol. The van der Waals surface area contributed by atoms with Crippen molar-refractivity contribution in [3.63, 3.8) is 0 Å². The summed E-state index contributed by atoms with van der Waals surface area (Å²) in [5.74, 6) is 0.649. The number of benzene rings is 3. The molecule has 0 amide bonds. The van der Waals surface area contributed by atoms with Crippen molar-refractivity contribution < 1.29 is 24.0 Å². The van der Waals surface area contributed by atoms with Gasteiger partial charge in [0.05, 0.1) is 11.5 Å². The second-order valence-electron chi connectivity index (χ2n) is 11.1. The maximum Gasteiger partial charge on any atom is 0.332 e. The zero-order valence-electron chi connectivity index (χ0n) is 25.9. The van der Waals surface area contributed by atoms with E-state index in [1.165, 1.54) is 6.92 Å². The van der Waals surface area contributed by atoms with E-state index in [2.05, 4.69) is 23.6 Å². The van der Waals surface area contributed by atoms with E-state index >= 15 is 0 Å². The van der Waals surface area contributed by atoms with Gasteiger partial charge in [-0.2, -0.15) is 0 Å². The number of hydrogen-bond donors (Lipinski definition) is 0. The summed E-state index contributed by atoms with van der Waals surface area (Å²) in [6.45, 7) is 10.9. The third-order valence-electron chi connectivity index (χ3n) is 7.77. The van der Waals surface area contributed by atoms with Crippen molar-refractivity contribution in [1.82, 2.24) is 4.57 Å². The van der Waals surface area contributed by atoms with Crippen molar-refractivity contribution in [2.75, 3.05) is 13.7 Å². The maximum absolute atomic E-state index is 11.8. The molecule has 1 heterocycles. The van der Waals surface area contributed by atoms with E-state index in [1.807, 2.05) is 56.3 Å². The molecule has 43 heavy (non-hydrogen) atoms. The molecule has 0 bridgehead atoms. The lowest BCUT2D eigenvalue weighted by molar-refractivity contribution is -0.384. The Labute approximate surface area is 252 Å².